The van der Waals surface area contributed by atoms with Gasteiger partial charge in [0.2, 0.25) is 0 Å². The van der Waals surface area contributed by atoms with Gasteiger partial charge in [-0.15, -0.1) is 0 Å². The van der Waals surface area contributed by atoms with Crippen LogP contribution in [0.3, 0.4) is 0 Å². The Balaban J connectivity index is 0.00000147. The number of aliphatic carboxylic acids is 1. The summed E-state index contributed by atoms with van der Waals surface area (Å²) in [6.07, 6.45) is 10.0. The Labute approximate surface area is 123 Å². The molecule has 1 N–H and O–H groups in total. The van der Waals surface area contributed by atoms with E-state index in [4.69, 9.17) is 0 Å². The largest absolute Gasteiger partial charge is 0.481 e. The molecule has 2 nitrogen and oxygen atoms in total. The van der Waals surface area contributed by atoms with Gasteiger partial charge in [-0.3, -0.25) is 4.79 Å². The summed E-state index contributed by atoms with van der Waals surface area (Å²) in [5, 5.41) is 9.50. The Morgan fingerprint density at radius 2 is 2.05 bits per heavy atom. The molecule has 0 spiro atoms. The molecule has 0 radical (unpaired) electrons. The molecule has 3 rings (SSSR count). The quantitative estimate of drug-likeness (QED) is 0.735. The monoisotopic (exact) mass is 276 g/mol. The van der Waals surface area contributed by atoms with E-state index in [1.165, 1.54) is 24.0 Å². The zero-order chi connectivity index (χ0) is 13.6. The van der Waals surface area contributed by atoms with Crippen LogP contribution in [0.25, 0.3) is 0 Å². The van der Waals surface area contributed by atoms with Crippen molar-refractivity contribution < 1.29 is 9.90 Å². The van der Waals surface area contributed by atoms with E-state index in [-0.39, 0.29) is 18.8 Å². The van der Waals surface area contributed by atoms with Gasteiger partial charge in [0, 0.05) is 0 Å². The van der Waals surface area contributed by atoms with Gasteiger partial charge in [-0.1, -0.05) is 38.0 Å². The molecule has 3 aliphatic carbocycles. The van der Waals surface area contributed by atoms with Crippen LogP contribution in [0.15, 0.2) is 22.8 Å². The van der Waals surface area contributed by atoms with E-state index in [9.17, 15) is 9.90 Å². The van der Waals surface area contributed by atoms with Crippen molar-refractivity contribution in [2.75, 3.05) is 0 Å². The maximum absolute atomic E-state index is 11.5. The Morgan fingerprint density at radius 3 is 2.75 bits per heavy atom. The van der Waals surface area contributed by atoms with E-state index in [0.29, 0.717) is 5.92 Å². The third kappa shape index (κ3) is 2.23. The van der Waals surface area contributed by atoms with Crippen molar-refractivity contribution in [2.45, 2.75) is 66.2 Å². The second-order valence-corrected chi connectivity index (χ2v) is 6.89. The molecule has 3 atom stereocenters. The molecular formula is C18H28O2. The molecule has 0 aliphatic heterocycles. The van der Waals surface area contributed by atoms with Crippen LogP contribution < -0.4 is 0 Å². The van der Waals surface area contributed by atoms with Gasteiger partial charge >= 0.3 is 5.97 Å². The molecule has 20 heavy (non-hydrogen) atoms. The van der Waals surface area contributed by atoms with Crippen LogP contribution in [0.1, 0.15) is 66.2 Å². The molecule has 0 aromatic carbocycles. The molecule has 0 saturated heterocycles. The van der Waals surface area contributed by atoms with Gasteiger partial charge < -0.3 is 5.11 Å². The van der Waals surface area contributed by atoms with Crippen molar-refractivity contribution in [3.63, 3.8) is 0 Å². The van der Waals surface area contributed by atoms with E-state index < -0.39 is 5.97 Å². The van der Waals surface area contributed by atoms with Crippen LogP contribution in [0.2, 0.25) is 0 Å². The fraction of sp³-hybridized carbons (Fsp3) is 0.722. The van der Waals surface area contributed by atoms with Crippen molar-refractivity contribution in [3.05, 3.63) is 22.8 Å². The third-order valence-electron chi connectivity index (χ3n) is 5.82. The summed E-state index contributed by atoms with van der Waals surface area (Å²) in [7, 11) is 0. The standard InChI is InChI=1S/C17H24O2.CH4/c1-11-5-7-14-12(10-11)6-8-15-13(16(18)19)4-3-9-17(14,15)2;/h10,13,15H,3-9H2,1-2H3,(H,18,19);1H4. The molecule has 0 aromatic heterocycles. The number of hydrogen-bond acceptors (Lipinski definition) is 1. The Hall–Kier alpha value is -1.05. The third-order valence-corrected chi connectivity index (χ3v) is 5.82. The Bertz CT molecular complexity index is 472. The van der Waals surface area contributed by atoms with Crippen molar-refractivity contribution in [2.24, 2.45) is 17.3 Å². The van der Waals surface area contributed by atoms with Crippen LogP contribution in [0, 0.1) is 17.3 Å². The zero-order valence-corrected chi connectivity index (χ0v) is 12.0. The molecule has 0 aromatic rings. The number of carbonyl (C=O) groups is 1. The summed E-state index contributed by atoms with van der Waals surface area (Å²) in [5.41, 5.74) is 4.78. The number of carboxylic acids is 1. The van der Waals surface area contributed by atoms with Crippen LogP contribution in [0.4, 0.5) is 0 Å². The molecule has 1 fully saturated rings. The predicted molar refractivity (Wildman–Crippen MR) is 82.6 cm³/mol. The Kier molecular flexibility index (Phi) is 4.13. The van der Waals surface area contributed by atoms with Crippen LogP contribution in [-0.2, 0) is 4.79 Å². The second-order valence-electron chi connectivity index (χ2n) is 6.89. The van der Waals surface area contributed by atoms with Crippen LogP contribution >= 0.6 is 0 Å². The predicted octanol–water partition coefficient (Wildman–Crippen LogP) is 4.96. The number of fused-ring (bicyclic) bond motifs is 2. The Morgan fingerprint density at radius 1 is 1.30 bits per heavy atom. The van der Waals surface area contributed by atoms with Crippen molar-refractivity contribution in [1.82, 2.24) is 0 Å². The zero-order valence-electron chi connectivity index (χ0n) is 12.0. The minimum atomic E-state index is -0.567. The van der Waals surface area contributed by atoms with E-state index in [1.807, 2.05) is 0 Å². The summed E-state index contributed by atoms with van der Waals surface area (Å²) >= 11 is 0. The summed E-state index contributed by atoms with van der Waals surface area (Å²) < 4.78 is 0. The molecule has 2 heteroatoms. The minimum absolute atomic E-state index is 0. The summed E-state index contributed by atoms with van der Waals surface area (Å²) in [4.78, 5) is 11.5. The lowest BCUT2D eigenvalue weighted by Crippen LogP contribution is -2.44. The second kappa shape index (κ2) is 5.38. The van der Waals surface area contributed by atoms with E-state index in [2.05, 4.69) is 19.9 Å². The SMILES string of the molecule is C.CC1=CC2=C(CC1)C1(C)CCCC(C(=O)O)C1CC2. The molecule has 112 valence electrons. The number of rotatable bonds is 1. The number of carboxylic acid groups (broad SMARTS) is 1. The van der Waals surface area contributed by atoms with Crippen molar-refractivity contribution >= 4 is 5.97 Å². The lowest BCUT2D eigenvalue weighted by Gasteiger charge is -2.51. The lowest BCUT2D eigenvalue weighted by molar-refractivity contribution is -0.147. The van der Waals surface area contributed by atoms with Crippen LogP contribution in [-0.4, -0.2) is 11.1 Å². The minimum Gasteiger partial charge on any atom is -0.481 e. The molecule has 0 heterocycles. The molecule has 0 amide bonds. The first-order valence-electron chi connectivity index (χ1n) is 7.65. The average molecular weight is 276 g/mol. The summed E-state index contributed by atoms with van der Waals surface area (Å²) in [6.45, 7) is 4.56. The fourth-order valence-electron chi connectivity index (χ4n) is 4.84. The van der Waals surface area contributed by atoms with E-state index >= 15 is 0 Å². The topological polar surface area (TPSA) is 37.3 Å². The highest BCUT2D eigenvalue weighted by atomic mass is 16.4. The molecule has 3 aliphatic rings. The fourth-order valence-corrected chi connectivity index (χ4v) is 4.84. The van der Waals surface area contributed by atoms with Gasteiger partial charge in [-0.2, -0.15) is 0 Å². The summed E-state index contributed by atoms with van der Waals surface area (Å²) in [5.74, 6) is -0.313. The molecule has 3 unspecified atom stereocenters. The van der Waals surface area contributed by atoms with Gasteiger partial charge in [-0.25, -0.2) is 0 Å². The van der Waals surface area contributed by atoms with E-state index in [0.717, 1.165) is 32.1 Å². The van der Waals surface area contributed by atoms with E-state index in [1.54, 1.807) is 5.57 Å². The number of hydrogen-bond donors (Lipinski definition) is 1. The first-order chi connectivity index (χ1) is 9.02. The van der Waals surface area contributed by atoms with Gasteiger partial charge in [0.05, 0.1) is 5.92 Å². The van der Waals surface area contributed by atoms with Gasteiger partial charge in [0.15, 0.2) is 0 Å². The molecular weight excluding hydrogens is 248 g/mol. The van der Waals surface area contributed by atoms with Crippen LogP contribution in [0.5, 0.6) is 0 Å². The molecule has 1 saturated carbocycles. The lowest BCUT2D eigenvalue weighted by atomic mass is 9.53. The number of allylic oxidation sites excluding steroid dienone is 4. The highest BCUT2D eigenvalue weighted by Gasteiger charge is 2.49. The highest BCUT2D eigenvalue weighted by molar-refractivity contribution is 5.71. The highest BCUT2D eigenvalue weighted by Crippen LogP contribution is 2.57. The first kappa shape index (κ1) is 15.3. The maximum atomic E-state index is 11.5. The molecule has 0 bridgehead atoms. The smallest absolute Gasteiger partial charge is 0.306 e. The van der Waals surface area contributed by atoms with Gasteiger partial charge in [0.25, 0.3) is 0 Å². The van der Waals surface area contributed by atoms with Crippen molar-refractivity contribution in [3.8, 4) is 0 Å². The van der Waals surface area contributed by atoms with Gasteiger partial charge in [0.1, 0.15) is 0 Å². The van der Waals surface area contributed by atoms with Crippen molar-refractivity contribution in [1.29, 1.82) is 0 Å². The van der Waals surface area contributed by atoms with Gasteiger partial charge in [-0.05, 0) is 62.4 Å². The average Bonchev–Trinajstić information content (AvgIpc) is 2.36. The maximum Gasteiger partial charge on any atom is 0.306 e. The summed E-state index contributed by atoms with van der Waals surface area (Å²) in [6, 6.07) is 0. The normalized spacial score (nSPS) is 36.4. The first-order valence-corrected chi connectivity index (χ1v) is 7.65.